The molecule has 94 valence electrons. The predicted molar refractivity (Wildman–Crippen MR) is 70.2 cm³/mol. The summed E-state index contributed by atoms with van der Waals surface area (Å²) in [6.07, 6.45) is 2.36. The number of hydrogen-bond acceptors (Lipinski definition) is 3. The van der Waals surface area contributed by atoms with Crippen LogP contribution in [-0.4, -0.2) is 23.4 Å². The van der Waals surface area contributed by atoms with Crippen molar-refractivity contribution < 1.29 is 9.53 Å². The lowest BCUT2D eigenvalue weighted by molar-refractivity contribution is 0.111. The van der Waals surface area contributed by atoms with E-state index in [1.807, 2.05) is 13.8 Å². The molecule has 2 rings (SSSR count). The smallest absolute Gasteiger partial charge is 0.185 e. The van der Waals surface area contributed by atoms with Crippen LogP contribution in [0.1, 0.15) is 27.3 Å². The molecule has 0 unspecified atom stereocenters. The van der Waals surface area contributed by atoms with Crippen molar-refractivity contribution in [3.05, 3.63) is 34.8 Å². The average Bonchev–Trinajstić information content (AvgIpc) is 2.81. The fourth-order valence-corrected chi connectivity index (χ4v) is 2.16. The molecule has 0 spiro atoms. The number of benzene rings is 1. The van der Waals surface area contributed by atoms with Gasteiger partial charge in [0.15, 0.2) is 12.1 Å². The first-order chi connectivity index (χ1) is 8.58. The Kier molecular flexibility index (Phi) is 3.19. The number of aromatic amines is 1. The van der Waals surface area contributed by atoms with Gasteiger partial charge < -0.3 is 9.72 Å². The quantitative estimate of drug-likeness (QED) is 0.845. The molecule has 0 aliphatic rings. The fourth-order valence-electron chi connectivity index (χ4n) is 2.16. The van der Waals surface area contributed by atoms with Crippen molar-refractivity contribution in [1.29, 1.82) is 0 Å². The van der Waals surface area contributed by atoms with Crippen molar-refractivity contribution in [2.24, 2.45) is 0 Å². The number of carbonyl (C=O) groups excluding carboxylic acids is 1. The highest BCUT2D eigenvalue weighted by molar-refractivity contribution is 5.77. The number of carbonyl (C=O) groups is 1. The molecule has 0 aliphatic carbocycles. The van der Waals surface area contributed by atoms with Gasteiger partial charge >= 0.3 is 0 Å². The molecule has 1 N–H and O–H groups in total. The Hall–Kier alpha value is -2.10. The lowest BCUT2D eigenvalue weighted by atomic mass is 9.97. The average molecular weight is 244 g/mol. The minimum Gasteiger partial charge on any atom is -0.496 e. The first-order valence-electron chi connectivity index (χ1n) is 5.73. The summed E-state index contributed by atoms with van der Waals surface area (Å²) < 4.78 is 5.50. The number of aldehydes is 1. The Bertz CT molecular complexity index is 600. The lowest BCUT2D eigenvalue weighted by Crippen LogP contribution is -1.97. The molecule has 4 nitrogen and oxygen atoms in total. The molecule has 1 aromatic carbocycles. The number of H-pyrrole nitrogens is 1. The monoisotopic (exact) mass is 244 g/mol. The maximum atomic E-state index is 10.7. The van der Waals surface area contributed by atoms with Crippen molar-refractivity contribution >= 4 is 6.29 Å². The van der Waals surface area contributed by atoms with Crippen LogP contribution in [0.15, 0.2) is 12.3 Å². The Balaban J connectivity index is 2.69. The van der Waals surface area contributed by atoms with Crippen molar-refractivity contribution in [1.82, 2.24) is 9.97 Å². The second kappa shape index (κ2) is 4.64. The van der Waals surface area contributed by atoms with E-state index < -0.39 is 0 Å². The van der Waals surface area contributed by atoms with Crippen LogP contribution in [0.3, 0.4) is 0 Å². The zero-order valence-electron chi connectivity index (χ0n) is 11.0. The third-order valence-electron chi connectivity index (χ3n) is 3.17. The molecule has 0 bridgehead atoms. The number of imidazole rings is 1. The summed E-state index contributed by atoms with van der Waals surface area (Å²) in [6, 6.07) is 2.11. The lowest BCUT2D eigenvalue weighted by Gasteiger charge is -2.15. The topological polar surface area (TPSA) is 55.0 Å². The van der Waals surface area contributed by atoms with Gasteiger partial charge in [0, 0.05) is 5.56 Å². The summed E-state index contributed by atoms with van der Waals surface area (Å²) >= 11 is 0. The first kappa shape index (κ1) is 12.4. The zero-order chi connectivity index (χ0) is 13.3. The molecule has 4 heteroatoms. The standard InChI is InChI=1S/C14H16N2O2/c1-8-5-9(2)13(14(18-4)10(8)3)11-6-15-12(7-17)16-11/h5-7H,1-4H3,(H,15,16). The summed E-state index contributed by atoms with van der Waals surface area (Å²) in [6.45, 7) is 6.10. The Morgan fingerprint density at radius 3 is 2.56 bits per heavy atom. The molecule has 0 amide bonds. The normalized spacial score (nSPS) is 10.4. The number of nitrogens with zero attached hydrogens (tertiary/aromatic N) is 1. The Morgan fingerprint density at radius 2 is 2.00 bits per heavy atom. The molecule has 1 aromatic heterocycles. The third kappa shape index (κ3) is 1.90. The molecule has 18 heavy (non-hydrogen) atoms. The number of rotatable bonds is 3. The van der Waals surface area contributed by atoms with Gasteiger partial charge in [-0.3, -0.25) is 4.79 Å². The van der Waals surface area contributed by atoms with Crippen molar-refractivity contribution in [2.75, 3.05) is 7.11 Å². The van der Waals surface area contributed by atoms with E-state index in [0.717, 1.165) is 28.1 Å². The number of nitrogens with one attached hydrogen (secondary N) is 1. The van der Waals surface area contributed by atoms with Crippen LogP contribution in [0, 0.1) is 20.8 Å². The summed E-state index contributed by atoms with van der Waals surface area (Å²) in [5.74, 6) is 1.15. The van der Waals surface area contributed by atoms with E-state index in [4.69, 9.17) is 4.74 Å². The molecule has 0 atom stereocenters. The third-order valence-corrected chi connectivity index (χ3v) is 3.17. The van der Waals surface area contributed by atoms with Gasteiger partial charge in [0.25, 0.3) is 0 Å². The van der Waals surface area contributed by atoms with E-state index in [-0.39, 0.29) is 0 Å². The largest absolute Gasteiger partial charge is 0.496 e. The van der Waals surface area contributed by atoms with Crippen LogP contribution >= 0.6 is 0 Å². The summed E-state index contributed by atoms with van der Waals surface area (Å²) in [5.41, 5.74) is 5.13. The number of ether oxygens (including phenoxy) is 1. The van der Waals surface area contributed by atoms with Crippen molar-refractivity contribution in [2.45, 2.75) is 20.8 Å². The summed E-state index contributed by atoms with van der Waals surface area (Å²) in [5, 5.41) is 0. The van der Waals surface area contributed by atoms with E-state index in [1.54, 1.807) is 13.3 Å². The number of methoxy groups -OCH3 is 1. The molecule has 0 aliphatic heterocycles. The minimum atomic E-state index is 0.324. The molecule has 0 saturated heterocycles. The van der Waals surface area contributed by atoms with Crippen LogP contribution in [0.5, 0.6) is 5.75 Å². The van der Waals surface area contributed by atoms with Gasteiger partial charge in [0.2, 0.25) is 0 Å². The van der Waals surface area contributed by atoms with Gasteiger partial charge in [-0.2, -0.15) is 0 Å². The van der Waals surface area contributed by atoms with E-state index >= 15 is 0 Å². The van der Waals surface area contributed by atoms with Crippen LogP contribution in [0.4, 0.5) is 0 Å². The van der Waals surface area contributed by atoms with Gasteiger partial charge in [-0.1, -0.05) is 6.07 Å². The van der Waals surface area contributed by atoms with Crippen LogP contribution in [0.2, 0.25) is 0 Å². The highest BCUT2D eigenvalue weighted by Gasteiger charge is 2.15. The van der Waals surface area contributed by atoms with Crippen molar-refractivity contribution in [3.63, 3.8) is 0 Å². The summed E-state index contributed by atoms with van der Waals surface area (Å²) in [4.78, 5) is 17.7. The molecule has 2 aromatic rings. The molecular formula is C14H16N2O2. The van der Waals surface area contributed by atoms with Crippen LogP contribution in [0.25, 0.3) is 11.3 Å². The number of aryl methyl sites for hydroxylation is 2. The van der Waals surface area contributed by atoms with Gasteiger partial charge in [0.05, 0.1) is 19.0 Å². The molecule has 1 heterocycles. The molecular weight excluding hydrogens is 228 g/mol. The summed E-state index contributed by atoms with van der Waals surface area (Å²) in [7, 11) is 1.65. The molecule has 0 radical (unpaired) electrons. The SMILES string of the molecule is COc1c(C)c(C)cc(C)c1-c1cnc(C=O)[nH]1. The second-order valence-corrected chi connectivity index (χ2v) is 4.34. The van der Waals surface area contributed by atoms with Gasteiger partial charge in [0.1, 0.15) is 5.75 Å². The molecule has 0 fully saturated rings. The fraction of sp³-hybridized carbons (Fsp3) is 0.286. The van der Waals surface area contributed by atoms with E-state index in [9.17, 15) is 4.79 Å². The minimum absolute atomic E-state index is 0.324. The van der Waals surface area contributed by atoms with Crippen LogP contribution < -0.4 is 4.74 Å². The highest BCUT2D eigenvalue weighted by Crippen LogP contribution is 2.36. The van der Waals surface area contributed by atoms with Crippen molar-refractivity contribution in [3.8, 4) is 17.0 Å². The number of hydrogen-bond donors (Lipinski definition) is 1. The van der Waals surface area contributed by atoms with E-state index in [1.165, 1.54) is 5.56 Å². The van der Waals surface area contributed by atoms with Gasteiger partial charge in [-0.05, 0) is 37.5 Å². The maximum Gasteiger partial charge on any atom is 0.185 e. The van der Waals surface area contributed by atoms with Gasteiger partial charge in [-0.25, -0.2) is 4.98 Å². The van der Waals surface area contributed by atoms with Crippen LogP contribution in [-0.2, 0) is 0 Å². The second-order valence-electron chi connectivity index (χ2n) is 4.34. The highest BCUT2D eigenvalue weighted by atomic mass is 16.5. The maximum absolute atomic E-state index is 10.7. The zero-order valence-corrected chi connectivity index (χ0v) is 11.0. The molecule has 0 saturated carbocycles. The van der Waals surface area contributed by atoms with E-state index in [0.29, 0.717) is 12.1 Å². The predicted octanol–water partition coefficient (Wildman–Crippen LogP) is 2.82. The Morgan fingerprint density at radius 1 is 1.28 bits per heavy atom. The van der Waals surface area contributed by atoms with E-state index in [2.05, 4.69) is 23.0 Å². The number of aromatic nitrogens is 2. The first-order valence-corrected chi connectivity index (χ1v) is 5.73. The van der Waals surface area contributed by atoms with Gasteiger partial charge in [-0.15, -0.1) is 0 Å². The Labute approximate surface area is 106 Å².